The molecule has 118 valence electrons. The van der Waals surface area contributed by atoms with Crippen LogP contribution in [0.3, 0.4) is 0 Å². The number of rotatable bonds is 4. The van der Waals surface area contributed by atoms with Gasteiger partial charge in [0, 0.05) is 21.0 Å². The van der Waals surface area contributed by atoms with E-state index >= 15 is 0 Å². The molecule has 23 heavy (non-hydrogen) atoms. The van der Waals surface area contributed by atoms with Gasteiger partial charge in [0.05, 0.1) is 21.3 Å². The van der Waals surface area contributed by atoms with Crippen molar-refractivity contribution in [3.8, 4) is 27.7 Å². The van der Waals surface area contributed by atoms with Crippen LogP contribution in [0.4, 0.5) is 0 Å². The third-order valence-electron chi connectivity index (χ3n) is 3.58. The Hall–Kier alpha value is -2.53. The minimum Gasteiger partial charge on any atom is -0.493 e. The summed E-state index contributed by atoms with van der Waals surface area (Å²) in [6.07, 6.45) is 0. The molecule has 0 unspecified atom stereocenters. The van der Waals surface area contributed by atoms with Gasteiger partial charge in [0.2, 0.25) is 5.75 Å². The van der Waals surface area contributed by atoms with E-state index in [1.807, 2.05) is 36.4 Å². The van der Waals surface area contributed by atoms with Gasteiger partial charge in [0.15, 0.2) is 16.9 Å². The second-order valence-electron chi connectivity index (χ2n) is 4.89. The van der Waals surface area contributed by atoms with Crippen LogP contribution < -0.4 is 19.6 Å². The minimum absolute atomic E-state index is 0.00287. The summed E-state index contributed by atoms with van der Waals surface area (Å²) in [4.78, 5) is 13.2. The normalized spacial score (nSPS) is 10.6. The Bertz CT molecular complexity index is 889. The third-order valence-corrected chi connectivity index (χ3v) is 4.73. The Morgan fingerprint density at radius 2 is 1.52 bits per heavy atom. The fourth-order valence-electron chi connectivity index (χ4n) is 2.47. The van der Waals surface area contributed by atoms with E-state index in [1.165, 1.54) is 0 Å². The van der Waals surface area contributed by atoms with Crippen LogP contribution in [0.1, 0.15) is 0 Å². The topological polar surface area (TPSA) is 44.8 Å². The molecule has 0 atom stereocenters. The molecule has 0 amide bonds. The molecule has 0 bridgehead atoms. The monoisotopic (exact) mass is 328 g/mol. The molecule has 0 aliphatic carbocycles. The predicted molar refractivity (Wildman–Crippen MR) is 93.2 cm³/mol. The molecule has 0 aliphatic heterocycles. The average Bonchev–Trinajstić information content (AvgIpc) is 2.60. The van der Waals surface area contributed by atoms with Crippen molar-refractivity contribution in [2.24, 2.45) is 0 Å². The van der Waals surface area contributed by atoms with E-state index in [0.29, 0.717) is 17.2 Å². The maximum Gasteiger partial charge on any atom is 0.203 e. The highest BCUT2D eigenvalue weighted by molar-refractivity contribution is 7.21. The SMILES string of the molecule is COc1cc(-c2cc(=O)c3ccccc3s2)cc(OC)c1OC. The first-order chi connectivity index (χ1) is 11.2. The molecule has 0 aliphatic rings. The van der Waals surface area contributed by atoms with Crippen LogP contribution in [0.25, 0.3) is 20.5 Å². The summed E-state index contributed by atoms with van der Waals surface area (Å²) >= 11 is 1.55. The third kappa shape index (κ3) is 2.75. The molecule has 0 saturated heterocycles. The number of ether oxygens (including phenoxy) is 3. The summed E-state index contributed by atoms with van der Waals surface area (Å²) in [6, 6.07) is 12.9. The lowest BCUT2D eigenvalue weighted by molar-refractivity contribution is 0.324. The number of methoxy groups -OCH3 is 3. The van der Waals surface area contributed by atoms with Crippen molar-refractivity contribution in [1.82, 2.24) is 0 Å². The maximum absolute atomic E-state index is 12.3. The van der Waals surface area contributed by atoms with Crippen LogP contribution in [0.15, 0.2) is 47.3 Å². The van der Waals surface area contributed by atoms with Gasteiger partial charge in [-0.3, -0.25) is 4.79 Å². The van der Waals surface area contributed by atoms with Crippen molar-refractivity contribution in [2.75, 3.05) is 21.3 Å². The van der Waals surface area contributed by atoms with E-state index in [2.05, 4.69) is 0 Å². The zero-order valence-corrected chi connectivity index (χ0v) is 13.9. The van der Waals surface area contributed by atoms with Crippen LogP contribution >= 0.6 is 11.3 Å². The summed E-state index contributed by atoms with van der Waals surface area (Å²) in [5.41, 5.74) is 0.857. The van der Waals surface area contributed by atoms with Gasteiger partial charge in [-0.1, -0.05) is 12.1 Å². The van der Waals surface area contributed by atoms with Crippen LogP contribution in [0.5, 0.6) is 17.2 Å². The zero-order chi connectivity index (χ0) is 16.4. The first-order valence-electron chi connectivity index (χ1n) is 7.01. The van der Waals surface area contributed by atoms with Gasteiger partial charge in [-0.2, -0.15) is 0 Å². The molecule has 2 aromatic carbocycles. The Morgan fingerprint density at radius 3 is 2.13 bits per heavy atom. The maximum atomic E-state index is 12.3. The molecule has 1 heterocycles. The smallest absolute Gasteiger partial charge is 0.203 e. The van der Waals surface area contributed by atoms with Gasteiger partial charge >= 0.3 is 0 Å². The Labute approximate surface area is 137 Å². The molecule has 0 saturated carbocycles. The molecule has 0 fully saturated rings. The molecule has 5 heteroatoms. The molecule has 4 nitrogen and oxygen atoms in total. The van der Waals surface area contributed by atoms with Gasteiger partial charge in [0.25, 0.3) is 0 Å². The van der Waals surface area contributed by atoms with Crippen molar-refractivity contribution in [3.63, 3.8) is 0 Å². The summed E-state index contributed by atoms with van der Waals surface area (Å²) < 4.78 is 17.0. The first-order valence-corrected chi connectivity index (χ1v) is 7.83. The fraction of sp³-hybridized carbons (Fsp3) is 0.167. The van der Waals surface area contributed by atoms with Gasteiger partial charge in [-0.15, -0.1) is 11.3 Å². The quantitative estimate of drug-likeness (QED) is 0.727. The second-order valence-corrected chi connectivity index (χ2v) is 5.97. The number of fused-ring (bicyclic) bond motifs is 1. The summed E-state index contributed by atoms with van der Waals surface area (Å²) in [5, 5.41) is 0.730. The van der Waals surface area contributed by atoms with E-state index in [1.54, 1.807) is 38.7 Å². The molecule has 0 spiro atoms. The Kier molecular flexibility index (Phi) is 4.21. The molecule has 3 aromatic rings. The highest BCUT2D eigenvalue weighted by atomic mass is 32.1. The zero-order valence-electron chi connectivity index (χ0n) is 13.1. The molecule has 0 radical (unpaired) electrons. The van der Waals surface area contributed by atoms with Crippen LogP contribution in [-0.2, 0) is 0 Å². The first kappa shape index (κ1) is 15.4. The highest BCUT2D eigenvalue weighted by Gasteiger charge is 2.15. The minimum atomic E-state index is 0.00287. The molecule has 1 aromatic heterocycles. The fourth-order valence-corrected chi connectivity index (χ4v) is 3.53. The van der Waals surface area contributed by atoms with E-state index in [0.717, 1.165) is 20.5 Å². The van der Waals surface area contributed by atoms with Crippen molar-refractivity contribution in [1.29, 1.82) is 0 Å². The number of hydrogen-bond acceptors (Lipinski definition) is 5. The van der Waals surface area contributed by atoms with Crippen molar-refractivity contribution >= 4 is 21.4 Å². The molecular formula is C18H16O4S. The summed E-state index contributed by atoms with van der Waals surface area (Å²) in [7, 11) is 4.71. The van der Waals surface area contributed by atoms with Crippen LogP contribution in [-0.4, -0.2) is 21.3 Å². The van der Waals surface area contributed by atoms with Gasteiger partial charge in [-0.05, 0) is 29.8 Å². The van der Waals surface area contributed by atoms with Crippen LogP contribution in [0.2, 0.25) is 0 Å². The van der Waals surface area contributed by atoms with E-state index in [9.17, 15) is 4.79 Å². The Balaban J connectivity index is 2.24. The van der Waals surface area contributed by atoms with E-state index in [-0.39, 0.29) is 5.43 Å². The van der Waals surface area contributed by atoms with Crippen LogP contribution in [0, 0.1) is 0 Å². The van der Waals surface area contributed by atoms with Gasteiger partial charge in [-0.25, -0.2) is 0 Å². The van der Waals surface area contributed by atoms with E-state index in [4.69, 9.17) is 14.2 Å². The second kappa shape index (κ2) is 6.30. The summed E-state index contributed by atoms with van der Waals surface area (Å²) in [6.45, 7) is 0. The number of hydrogen-bond donors (Lipinski definition) is 0. The molecule has 3 rings (SSSR count). The van der Waals surface area contributed by atoms with Crippen molar-refractivity contribution < 1.29 is 14.2 Å². The predicted octanol–water partition coefficient (Wildman–Crippen LogP) is 3.95. The highest BCUT2D eigenvalue weighted by Crippen LogP contribution is 2.42. The Morgan fingerprint density at radius 1 is 0.870 bits per heavy atom. The lowest BCUT2D eigenvalue weighted by atomic mass is 10.1. The average molecular weight is 328 g/mol. The largest absolute Gasteiger partial charge is 0.493 e. The molecular weight excluding hydrogens is 312 g/mol. The lowest BCUT2D eigenvalue weighted by Crippen LogP contribution is -1.99. The van der Waals surface area contributed by atoms with Crippen molar-refractivity contribution in [3.05, 3.63) is 52.7 Å². The summed E-state index contributed by atoms with van der Waals surface area (Å²) in [5.74, 6) is 1.66. The number of benzene rings is 2. The standard InChI is InChI=1S/C18H16O4S/c1-20-14-8-11(9-15(21-2)18(14)22-3)17-10-13(19)12-6-4-5-7-16(12)23-17/h4-10H,1-3H3. The van der Waals surface area contributed by atoms with Crippen molar-refractivity contribution in [2.45, 2.75) is 0 Å². The lowest BCUT2D eigenvalue weighted by Gasteiger charge is -2.14. The molecule has 0 N–H and O–H groups in total. The van der Waals surface area contributed by atoms with Gasteiger partial charge in [0.1, 0.15) is 0 Å². The van der Waals surface area contributed by atoms with Gasteiger partial charge < -0.3 is 14.2 Å². The van der Waals surface area contributed by atoms with E-state index < -0.39 is 0 Å².